The fourth-order valence-electron chi connectivity index (χ4n) is 1.33. The van der Waals surface area contributed by atoms with Crippen molar-refractivity contribution in [3.05, 3.63) is 23.5 Å². The first-order valence-corrected chi connectivity index (χ1v) is 4.22. The molecule has 0 saturated carbocycles. The molecule has 0 aromatic heterocycles. The van der Waals surface area contributed by atoms with Gasteiger partial charge in [-0.1, -0.05) is 0 Å². The second kappa shape index (κ2) is 3.46. The van der Waals surface area contributed by atoms with Gasteiger partial charge < -0.3 is 15.6 Å². The summed E-state index contributed by atoms with van der Waals surface area (Å²) in [5, 5.41) is 9.66. The van der Waals surface area contributed by atoms with E-state index in [9.17, 15) is 9.50 Å². The first kappa shape index (κ1) is 10.8. The number of benzene rings is 1. The smallest absolute Gasteiger partial charge is 0.165 e. The van der Waals surface area contributed by atoms with Crippen molar-refractivity contribution in [1.82, 2.24) is 0 Å². The summed E-state index contributed by atoms with van der Waals surface area (Å²) in [6.07, 6.45) is 0. The van der Waals surface area contributed by atoms with Gasteiger partial charge in [-0.3, -0.25) is 0 Å². The van der Waals surface area contributed by atoms with Gasteiger partial charge in [-0.05, 0) is 26.0 Å². The molecule has 0 aliphatic rings. The Morgan fingerprint density at radius 3 is 2.43 bits per heavy atom. The molecule has 4 heteroatoms. The van der Waals surface area contributed by atoms with Crippen molar-refractivity contribution in [2.75, 3.05) is 7.11 Å². The number of hydrogen-bond donors (Lipinski definition) is 2. The maximum atomic E-state index is 13.4. The zero-order chi connectivity index (χ0) is 10.9. The van der Waals surface area contributed by atoms with Crippen LogP contribution in [0.2, 0.25) is 0 Å². The van der Waals surface area contributed by atoms with Crippen molar-refractivity contribution in [1.29, 1.82) is 0 Å². The predicted octanol–water partition coefficient (Wildman–Crippen LogP) is 1.73. The molecule has 0 bridgehead atoms. The van der Waals surface area contributed by atoms with Crippen molar-refractivity contribution >= 4 is 0 Å². The van der Waals surface area contributed by atoms with Crippen LogP contribution in [0.3, 0.4) is 0 Å². The van der Waals surface area contributed by atoms with E-state index < -0.39 is 11.4 Å². The van der Waals surface area contributed by atoms with Gasteiger partial charge >= 0.3 is 0 Å². The first-order chi connectivity index (χ1) is 6.38. The van der Waals surface area contributed by atoms with Crippen LogP contribution < -0.4 is 10.5 Å². The minimum Gasteiger partial charge on any atom is -0.504 e. The molecule has 14 heavy (non-hydrogen) atoms. The largest absolute Gasteiger partial charge is 0.504 e. The van der Waals surface area contributed by atoms with Gasteiger partial charge in [-0.2, -0.15) is 0 Å². The third-order valence-electron chi connectivity index (χ3n) is 1.95. The molecular formula is C10H14FNO2. The highest BCUT2D eigenvalue weighted by atomic mass is 19.1. The lowest BCUT2D eigenvalue weighted by Crippen LogP contribution is -2.30. The minimum atomic E-state index is -0.942. The van der Waals surface area contributed by atoms with E-state index in [-0.39, 0.29) is 17.1 Å². The fourth-order valence-corrected chi connectivity index (χ4v) is 1.33. The number of methoxy groups -OCH3 is 1. The Morgan fingerprint density at radius 2 is 2.00 bits per heavy atom. The van der Waals surface area contributed by atoms with Crippen molar-refractivity contribution in [3.63, 3.8) is 0 Å². The van der Waals surface area contributed by atoms with Crippen LogP contribution in [0.15, 0.2) is 12.1 Å². The van der Waals surface area contributed by atoms with E-state index in [0.717, 1.165) is 0 Å². The molecule has 0 amide bonds. The molecular weight excluding hydrogens is 185 g/mol. The molecule has 0 radical (unpaired) electrons. The molecule has 0 aliphatic heterocycles. The molecule has 78 valence electrons. The summed E-state index contributed by atoms with van der Waals surface area (Å²) in [5.41, 5.74) is 4.85. The first-order valence-electron chi connectivity index (χ1n) is 4.22. The second-order valence-electron chi connectivity index (χ2n) is 3.69. The van der Waals surface area contributed by atoms with E-state index in [2.05, 4.69) is 0 Å². The summed E-state index contributed by atoms with van der Waals surface area (Å²) in [4.78, 5) is 0. The number of rotatable bonds is 2. The van der Waals surface area contributed by atoms with Crippen LogP contribution in [0.25, 0.3) is 0 Å². The average molecular weight is 199 g/mol. The summed E-state index contributed by atoms with van der Waals surface area (Å²) in [5.74, 6) is -0.546. The lowest BCUT2D eigenvalue weighted by molar-refractivity contribution is 0.356. The number of phenolic OH excluding ortho intramolecular Hbond substituents is 1. The molecule has 0 atom stereocenters. The molecule has 0 saturated heterocycles. The predicted molar refractivity (Wildman–Crippen MR) is 51.8 cm³/mol. The van der Waals surface area contributed by atoms with Gasteiger partial charge in [-0.25, -0.2) is 4.39 Å². The molecule has 0 fully saturated rings. The van der Waals surface area contributed by atoms with Crippen LogP contribution >= 0.6 is 0 Å². The maximum absolute atomic E-state index is 13.4. The molecule has 1 aromatic rings. The lowest BCUT2D eigenvalue weighted by atomic mass is 9.94. The zero-order valence-electron chi connectivity index (χ0n) is 8.47. The Kier molecular flexibility index (Phi) is 2.66. The Morgan fingerprint density at radius 1 is 1.43 bits per heavy atom. The number of halogens is 1. The van der Waals surface area contributed by atoms with Crippen LogP contribution in [0.1, 0.15) is 19.4 Å². The summed E-state index contributed by atoms with van der Waals surface area (Å²) in [7, 11) is 1.40. The third kappa shape index (κ3) is 1.80. The van der Waals surface area contributed by atoms with E-state index in [1.54, 1.807) is 13.8 Å². The third-order valence-corrected chi connectivity index (χ3v) is 1.95. The highest BCUT2D eigenvalue weighted by Crippen LogP contribution is 2.36. The summed E-state index contributed by atoms with van der Waals surface area (Å²) >= 11 is 0. The Hall–Kier alpha value is -1.29. The van der Waals surface area contributed by atoms with Crippen LogP contribution in [0.4, 0.5) is 4.39 Å². The van der Waals surface area contributed by atoms with Crippen molar-refractivity contribution in [2.45, 2.75) is 19.4 Å². The number of hydrogen-bond acceptors (Lipinski definition) is 3. The van der Waals surface area contributed by atoms with E-state index in [0.29, 0.717) is 0 Å². The van der Waals surface area contributed by atoms with Gasteiger partial charge in [0.2, 0.25) is 0 Å². The fraction of sp³-hybridized carbons (Fsp3) is 0.400. The van der Waals surface area contributed by atoms with Crippen LogP contribution in [-0.2, 0) is 5.54 Å². The number of phenols is 1. The van der Waals surface area contributed by atoms with E-state index in [4.69, 9.17) is 10.5 Å². The average Bonchev–Trinajstić information content (AvgIpc) is 2.02. The Labute approximate surface area is 82.3 Å². The molecule has 0 spiro atoms. The molecule has 1 aromatic carbocycles. The SMILES string of the molecule is COc1ccc(F)c(C(C)(C)N)c1O. The lowest BCUT2D eigenvalue weighted by Gasteiger charge is -2.22. The van der Waals surface area contributed by atoms with Crippen LogP contribution in [0, 0.1) is 5.82 Å². The topological polar surface area (TPSA) is 55.5 Å². The van der Waals surface area contributed by atoms with Crippen molar-refractivity contribution < 1.29 is 14.2 Å². The number of nitrogens with two attached hydrogens (primary N) is 1. The minimum absolute atomic E-state index is 0.0665. The van der Waals surface area contributed by atoms with Crippen molar-refractivity contribution in [2.24, 2.45) is 5.73 Å². The monoisotopic (exact) mass is 199 g/mol. The highest BCUT2D eigenvalue weighted by molar-refractivity contribution is 5.48. The van der Waals surface area contributed by atoms with Gasteiger partial charge in [0.25, 0.3) is 0 Å². The molecule has 0 heterocycles. The van der Waals surface area contributed by atoms with E-state index in [1.165, 1.54) is 19.2 Å². The molecule has 3 nitrogen and oxygen atoms in total. The van der Waals surface area contributed by atoms with Gasteiger partial charge in [0.15, 0.2) is 11.5 Å². The van der Waals surface area contributed by atoms with Crippen LogP contribution in [0.5, 0.6) is 11.5 Å². The Bertz CT molecular complexity index is 345. The van der Waals surface area contributed by atoms with E-state index >= 15 is 0 Å². The van der Waals surface area contributed by atoms with Gasteiger partial charge in [0.05, 0.1) is 12.7 Å². The number of aromatic hydroxyl groups is 1. The molecule has 3 N–H and O–H groups in total. The second-order valence-corrected chi connectivity index (χ2v) is 3.69. The normalized spacial score (nSPS) is 11.5. The summed E-state index contributed by atoms with van der Waals surface area (Å²) in [6, 6.07) is 2.59. The maximum Gasteiger partial charge on any atom is 0.165 e. The van der Waals surface area contributed by atoms with Gasteiger partial charge in [0, 0.05) is 5.54 Å². The Balaban J connectivity index is 3.40. The highest BCUT2D eigenvalue weighted by Gasteiger charge is 2.25. The van der Waals surface area contributed by atoms with Gasteiger partial charge in [0.1, 0.15) is 5.82 Å². The standard InChI is InChI=1S/C10H14FNO2/c1-10(2,12)8-6(11)4-5-7(14-3)9(8)13/h4-5,13H,12H2,1-3H3. The van der Waals surface area contributed by atoms with E-state index in [1.807, 2.05) is 0 Å². The quantitative estimate of drug-likeness (QED) is 0.762. The van der Waals surface area contributed by atoms with Gasteiger partial charge in [-0.15, -0.1) is 0 Å². The van der Waals surface area contributed by atoms with Crippen LogP contribution in [-0.4, -0.2) is 12.2 Å². The summed E-state index contributed by atoms with van der Waals surface area (Å²) in [6.45, 7) is 3.23. The molecule has 0 unspecified atom stereocenters. The molecule has 0 aliphatic carbocycles. The summed E-state index contributed by atoms with van der Waals surface area (Å²) < 4.78 is 18.2. The number of ether oxygens (including phenoxy) is 1. The zero-order valence-corrected chi connectivity index (χ0v) is 8.47. The van der Waals surface area contributed by atoms with Crippen molar-refractivity contribution in [3.8, 4) is 11.5 Å². The molecule has 1 rings (SSSR count).